The average Bonchev–Trinajstić information content (AvgIpc) is 2.71. The molecular formula is C19H26FN3O2. The Kier molecular flexibility index (Phi) is 4.82. The summed E-state index contributed by atoms with van der Waals surface area (Å²) in [6.07, 6.45) is 2.04. The van der Waals surface area contributed by atoms with Gasteiger partial charge in [-0.3, -0.25) is 14.5 Å². The first-order valence-electron chi connectivity index (χ1n) is 8.83. The molecule has 0 radical (unpaired) electrons. The van der Waals surface area contributed by atoms with Crippen LogP contribution in [0.4, 0.5) is 4.39 Å². The summed E-state index contributed by atoms with van der Waals surface area (Å²) in [4.78, 5) is 30.7. The number of likely N-dealkylation sites (tertiary alicyclic amines) is 1. The third kappa shape index (κ3) is 3.40. The van der Waals surface area contributed by atoms with Crippen molar-refractivity contribution in [3.63, 3.8) is 0 Å². The zero-order chi connectivity index (χ0) is 18.2. The van der Waals surface area contributed by atoms with Gasteiger partial charge in [-0.05, 0) is 44.5 Å². The zero-order valence-electron chi connectivity index (χ0n) is 15.2. The van der Waals surface area contributed by atoms with Crippen molar-refractivity contribution >= 4 is 11.8 Å². The molecule has 0 bridgehead atoms. The lowest BCUT2D eigenvalue weighted by Gasteiger charge is -2.49. The largest absolute Gasteiger partial charge is 0.346 e. The number of likely N-dealkylation sites (N-methyl/N-ethyl adjacent to an activating group) is 1. The maximum Gasteiger partial charge on any atom is 0.256 e. The minimum atomic E-state index is -0.464. The predicted octanol–water partition coefficient (Wildman–Crippen LogP) is 1.90. The third-order valence-electron chi connectivity index (χ3n) is 5.79. The van der Waals surface area contributed by atoms with Crippen LogP contribution in [0, 0.1) is 12.7 Å². The van der Waals surface area contributed by atoms with E-state index in [1.807, 2.05) is 7.05 Å². The van der Waals surface area contributed by atoms with Crippen LogP contribution in [0.1, 0.15) is 35.2 Å². The quantitative estimate of drug-likeness (QED) is 0.779. The first-order valence-corrected chi connectivity index (χ1v) is 8.83. The van der Waals surface area contributed by atoms with Crippen LogP contribution in [0.2, 0.25) is 0 Å². The van der Waals surface area contributed by atoms with Gasteiger partial charge in [-0.1, -0.05) is 6.07 Å². The van der Waals surface area contributed by atoms with E-state index in [1.54, 1.807) is 28.9 Å². The molecule has 136 valence electrons. The number of carbonyl (C=O) groups is 2. The van der Waals surface area contributed by atoms with Gasteiger partial charge >= 0.3 is 0 Å². The number of carbonyl (C=O) groups excluding carboxylic acids is 2. The van der Waals surface area contributed by atoms with Crippen LogP contribution in [0.5, 0.6) is 0 Å². The minimum Gasteiger partial charge on any atom is -0.346 e. The summed E-state index contributed by atoms with van der Waals surface area (Å²) >= 11 is 0. The van der Waals surface area contributed by atoms with Crippen LogP contribution >= 0.6 is 0 Å². The average molecular weight is 347 g/mol. The Morgan fingerprint density at radius 2 is 1.92 bits per heavy atom. The SMILES string of the molecule is Cc1ccc(C(=O)N2CCN(C)C3(CCC(=O)N(C)CC3)C2)c(F)c1. The van der Waals surface area contributed by atoms with Crippen LogP contribution in [-0.4, -0.2) is 72.3 Å². The summed E-state index contributed by atoms with van der Waals surface area (Å²) in [6, 6.07) is 4.74. The molecule has 25 heavy (non-hydrogen) atoms. The lowest BCUT2D eigenvalue weighted by molar-refractivity contribution is -0.129. The second-order valence-corrected chi connectivity index (χ2v) is 7.42. The highest BCUT2D eigenvalue weighted by atomic mass is 19.1. The van der Waals surface area contributed by atoms with Gasteiger partial charge in [0.25, 0.3) is 5.91 Å². The van der Waals surface area contributed by atoms with Gasteiger partial charge in [0.15, 0.2) is 0 Å². The summed E-state index contributed by atoms with van der Waals surface area (Å²) < 4.78 is 14.2. The molecule has 5 nitrogen and oxygen atoms in total. The molecule has 0 aliphatic carbocycles. The standard InChI is InChI=1S/C19H26FN3O2/c1-14-4-5-15(16(20)12-14)18(25)23-11-10-22(3)19(13-23)7-6-17(24)21(2)9-8-19/h4-5,12H,6-11,13H2,1-3H3. The Balaban J connectivity index is 1.82. The molecular weight excluding hydrogens is 321 g/mol. The fourth-order valence-electron chi connectivity index (χ4n) is 3.90. The third-order valence-corrected chi connectivity index (χ3v) is 5.79. The van der Waals surface area contributed by atoms with Gasteiger partial charge in [-0.25, -0.2) is 4.39 Å². The molecule has 2 amide bonds. The Bertz CT molecular complexity index is 693. The number of amides is 2. The van der Waals surface area contributed by atoms with E-state index in [9.17, 15) is 14.0 Å². The molecule has 2 aliphatic rings. The molecule has 2 aliphatic heterocycles. The maximum absolute atomic E-state index is 14.2. The van der Waals surface area contributed by atoms with Gasteiger partial charge in [-0.15, -0.1) is 0 Å². The molecule has 1 aromatic rings. The van der Waals surface area contributed by atoms with Crippen LogP contribution in [0.15, 0.2) is 18.2 Å². The van der Waals surface area contributed by atoms with Crippen molar-refractivity contribution < 1.29 is 14.0 Å². The highest BCUT2D eigenvalue weighted by molar-refractivity contribution is 5.94. The fourth-order valence-corrected chi connectivity index (χ4v) is 3.90. The van der Waals surface area contributed by atoms with Gasteiger partial charge in [0.1, 0.15) is 5.82 Å². The topological polar surface area (TPSA) is 43.9 Å². The van der Waals surface area contributed by atoms with Gasteiger partial charge in [0, 0.05) is 45.2 Å². The van der Waals surface area contributed by atoms with E-state index >= 15 is 0 Å². The molecule has 1 unspecified atom stereocenters. The van der Waals surface area contributed by atoms with Crippen molar-refractivity contribution in [2.45, 2.75) is 31.7 Å². The van der Waals surface area contributed by atoms with Crippen molar-refractivity contribution in [2.24, 2.45) is 0 Å². The van der Waals surface area contributed by atoms with Crippen molar-refractivity contribution in [1.29, 1.82) is 0 Å². The van der Waals surface area contributed by atoms with E-state index in [1.165, 1.54) is 6.07 Å². The molecule has 2 heterocycles. The second-order valence-electron chi connectivity index (χ2n) is 7.42. The van der Waals surface area contributed by atoms with Gasteiger partial charge < -0.3 is 9.80 Å². The summed E-state index contributed by atoms with van der Waals surface area (Å²) in [6.45, 7) is 4.34. The number of hydrogen-bond donors (Lipinski definition) is 0. The van der Waals surface area contributed by atoms with Gasteiger partial charge in [0.2, 0.25) is 5.91 Å². The van der Waals surface area contributed by atoms with E-state index in [0.29, 0.717) is 26.1 Å². The fraction of sp³-hybridized carbons (Fsp3) is 0.579. The Hall–Kier alpha value is -1.95. The van der Waals surface area contributed by atoms with Gasteiger partial charge in [-0.2, -0.15) is 0 Å². The number of rotatable bonds is 1. The highest BCUT2D eigenvalue weighted by Crippen LogP contribution is 2.32. The van der Waals surface area contributed by atoms with E-state index in [-0.39, 0.29) is 22.9 Å². The number of nitrogens with zero attached hydrogens (tertiary/aromatic N) is 3. The normalized spacial score (nSPS) is 25.4. The highest BCUT2D eigenvalue weighted by Gasteiger charge is 2.43. The number of hydrogen-bond acceptors (Lipinski definition) is 3. The zero-order valence-corrected chi connectivity index (χ0v) is 15.2. The van der Waals surface area contributed by atoms with Crippen LogP contribution < -0.4 is 0 Å². The second kappa shape index (κ2) is 6.75. The van der Waals surface area contributed by atoms with Gasteiger partial charge in [0.05, 0.1) is 5.56 Å². The Labute approximate surface area is 148 Å². The number of piperazine rings is 1. The van der Waals surface area contributed by atoms with Crippen LogP contribution in [0.3, 0.4) is 0 Å². The molecule has 0 saturated carbocycles. The summed E-state index contributed by atoms with van der Waals surface area (Å²) in [5, 5.41) is 0. The summed E-state index contributed by atoms with van der Waals surface area (Å²) in [7, 11) is 3.89. The Morgan fingerprint density at radius 1 is 1.16 bits per heavy atom. The number of halogens is 1. The lowest BCUT2D eigenvalue weighted by Crippen LogP contribution is -2.62. The molecule has 1 atom stereocenters. The molecule has 1 aromatic carbocycles. The lowest BCUT2D eigenvalue weighted by atomic mass is 9.86. The molecule has 2 saturated heterocycles. The van der Waals surface area contributed by atoms with Crippen molar-refractivity contribution in [1.82, 2.24) is 14.7 Å². The molecule has 0 N–H and O–H groups in total. The van der Waals surface area contributed by atoms with Crippen LogP contribution in [0.25, 0.3) is 0 Å². The molecule has 6 heteroatoms. The first-order chi connectivity index (χ1) is 11.8. The van der Waals surface area contributed by atoms with Crippen molar-refractivity contribution in [3.05, 3.63) is 35.1 Å². The summed E-state index contributed by atoms with van der Waals surface area (Å²) in [5.74, 6) is -0.569. The number of aryl methyl sites for hydroxylation is 1. The predicted molar refractivity (Wildman–Crippen MR) is 93.9 cm³/mol. The van der Waals surface area contributed by atoms with E-state index < -0.39 is 5.82 Å². The first kappa shape index (κ1) is 17.9. The smallest absolute Gasteiger partial charge is 0.256 e. The monoisotopic (exact) mass is 347 g/mol. The maximum atomic E-state index is 14.2. The molecule has 2 fully saturated rings. The van der Waals surface area contributed by atoms with E-state index in [2.05, 4.69) is 11.9 Å². The van der Waals surface area contributed by atoms with Crippen molar-refractivity contribution in [3.8, 4) is 0 Å². The minimum absolute atomic E-state index is 0.132. The Morgan fingerprint density at radius 3 is 2.64 bits per heavy atom. The van der Waals surface area contributed by atoms with Crippen LogP contribution in [-0.2, 0) is 4.79 Å². The molecule has 3 rings (SSSR count). The van der Waals surface area contributed by atoms with E-state index in [4.69, 9.17) is 0 Å². The van der Waals surface area contributed by atoms with Crippen molar-refractivity contribution in [2.75, 3.05) is 40.3 Å². The molecule has 0 aromatic heterocycles. The summed E-state index contributed by atoms with van der Waals surface area (Å²) in [5.41, 5.74) is 0.719. The molecule has 1 spiro atoms. The van der Waals surface area contributed by atoms with E-state index in [0.717, 1.165) is 24.9 Å². The number of benzene rings is 1.